The smallest absolute Gasteiger partial charge is 0.387 e. The molecule has 0 rings (SSSR count). The van der Waals surface area contributed by atoms with Gasteiger partial charge in [0, 0.05) is 18.9 Å². The van der Waals surface area contributed by atoms with Crippen molar-refractivity contribution in [2.75, 3.05) is 6.61 Å². The van der Waals surface area contributed by atoms with Gasteiger partial charge in [-0.3, -0.25) is 12.9 Å². The second-order valence-corrected chi connectivity index (χ2v) is 1.02. The van der Waals surface area contributed by atoms with Crippen molar-refractivity contribution in [2.24, 2.45) is 0 Å². The molecular weight excluding hydrogens is 172 g/mol. The molecule has 0 atom stereocenters. The van der Waals surface area contributed by atoms with E-state index in [1.807, 2.05) is 0 Å². The first-order chi connectivity index (χ1) is 4.29. The van der Waals surface area contributed by atoms with Crippen LogP contribution in [-0.4, -0.2) is 44.3 Å². The van der Waals surface area contributed by atoms with Crippen LogP contribution in [0, 0.1) is 0 Å². The Morgan fingerprint density at radius 2 is 1.18 bits per heavy atom. The van der Waals surface area contributed by atoms with E-state index in [2.05, 4.69) is 0 Å². The van der Waals surface area contributed by atoms with Crippen molar-refractivity contribution in [2.45, 2.75) is 6.18 Å². The van der Waals surface area contributed by atoms with E-state index in [4.69, 9.17) is 5.11 Å². The van der Waals surface area contributed by atoms with Gasteiger partial charge in [-0.1, -0.05) is 0 Å². The van der Waals surface area contributed by atoms with Crippen molar-refractivity contribution in [3.63, 3.8) is 0 Å². The molecule has 0 aliphatic heterocycles. The molecular formula is C2H3BF6LiO. The Labute approximate surface area is 71.2 Å². The SMILES string of the molecule is FB(F)F.OCC(F)(F)F.[Li]. The average Bonchev–Trinajstić information content (AvgIpc) is 1.63. The second kappa shape index (κ2) is 8.30. The van der Waals surface area contributed by atoms with Gasteiger partial charge < -0.3 is 5.11 Å². The van der Waals surface area contributed by atoms with Gasteiger partial charge in [-0.05, 0) is 0 Å². The van der Waals surface area contributed by atoms with Crippen LogP contribution in [0.1, 0.15) is 0 Å². The number of hydrogen-bond acceptors (Lipinski definition) is 1. The van der Waals surface area contributed by atoms with Gasteiger partial charge in [0.25, 0.3) is 0 Å². The molecule has 0 fully saturated rings. The Hall–Kier alpha value is 0.202. The van der Waals surface area contributed by atoms with Crippen LogP contribution in [0.3, 0.4) is 0 Å². The predicted molar refractivity (Wildman–Crippen MR) is 28.0 cm³/mol. The van der Waals surface area contributed by atoms with E-state index in [9.17, 15) is 26.1 Å². The van der Waals surface area contributed by atoms with Crippen LogP contribution >= 0.6 is 0 Å². The average molecular weight is 175 g/mol. The van der Waals surface area contributed by atoms with Crippen LogP contribution in [0.5, 0.6) is 0 Å². The fourth-order valence-electron chi connectivity index (χ4n) is 0. The monoisotopic (exact) mass is 175 g/mol. The number of hydrogen-bond donors (Lipinski definition) is 1. The summed E-state index contributed by atoms with van der Waals surface area (Å²) in [6.07, 6.45) is -4.40. The number of aliphatic hydroxyl groups excluding tert-OH is 1. The number of alkyl halides is 3. The molecule has 0 saturated heterocycles. The van der Waals surface area contributed by atoms with Gasteiger partial charge in [0.15, 0.2) is 0 Å². The summed E-state index contributed by atoms with van der Waals surface area (Å²) in [5.74, 6) is 0. The predicted octanol–water partition coefficient (Wildman–Crippen LogP) is 1.04. The molecule has 0 spiro atoms. The zero-order valence-electron chi connectivity index (χ0n) is 5.50. The normalized spacial score (nSPS) is 9.00. The quantitative estimate of drug-likeness (QED) is 0.430. The Balaban J connectivity index is -0.000000114. The van der Waals surface area contributed by atoms with Gasteiger partial charge in [0.1, 0.15) is 6.61 Å². The number of halogens is 6. The zero-order chi connectivity index (χ0) is 8.78. The largest absolute Gasteiger partial charge is 0.762 e. The van der Waals surface area contributed by atoms with Gasteiger partial charge in [-0.2, -0.15) is 13.2 Å². The van der Waals surface area contributed by atoms with Gasteiger partial charge in [-0.15, -0.1) is 0 Å². The summed E-state index contributed by atoms with van der Waals surface area (Å²) in [5, 5.41) is 7.28. The van der Waals surface area contributed by atoms with E-state index in [1.54, 1.807) is 0 Å². The molecule has 63 valence electrons. The second-order valence-electron chi connectivity index (χ2n) is 1.02. The Kier molecular flexibility index (Phi) is 13.1. The minimum absolute atomic E-state index is 0. The summed E-state index contributed by atoms with van der Waals surface area (Å²) in [4.78, 5) is 0. The molecule has 0 heterocycles. The maximum absolute atomic E-state index is 10.5. The fraction of sp³-hybridized carbons (Fsp3) is 1.00. The van der Waals surface area contributed by atoms with Crippen molar-refractivity contribution in [3.8, 4) is 0 Å². The van der Waals surface area contributed by atoms with Crippen LogP contribution < -0.4 is 0 Å². The van der Waals surface area contributed by atoms with Crippen molar-refractivity contribution < 1.29 is 31.2 Å². The van der Waals surface area contributed by atoms with Crippen LogP contribution in [0.2, 0.25) is 0 Å². The molecule has 1 nitrogen and oxygen atoms in total. The molecule has 9 heteroatoms. The van der Waals surface area contributed by atoms with Crippen LogP contribution in [-0.2, 0) is 0 Å². The Bertz CT molecular complexity index is 72.7. The van der Waals surface area contributed by atoms with Gasteiger partial charge in [0.2, 0.25) is 0 Å². The first-order valence-corrected chi connectivity index (χ1v) is 1.89. The third-order valence-electron chi connectivity index (χ3n) is 0.179. The molecule has 1 N–H and O–H groups in total. The maximum atomic E-state index is 10.5. The van der Waals surface area contributed by atoms with Crippen LogP contribution in [0.15, 0.2) is 0 Å². The van der Waals surface area contributed by atoms with Crippen molar-refractivity contribution in [1.82, 2.24) is 0 Å². The van der Waals surface area contributed by atoms with Gasteiger partial charge in [0.05, 0.1) is 0 Å². The Morgan fingerprint density at radius 3 is 1.18 bits per heavy atom. The molecule has 0 aromatic carbocycles. The third kappa shape index (κ3) is 66.9. The summed E-state index contributed by atoms with van der Waals surface area (Å²) < 4.78 is 60.6. The fourth-order valence-corrected chi connectivity index (χ4v) is 0. The minimum Gasteiger partial charge on any atom is -0.387 e. The molecule has 1 radical (unpaired) electrons. The molecule has 0 aromatic heterocycles. The minimum atomic E-state index is -4.40. The zero-order valence-corrected chi connectivity index (χ0v) is 5.50. The topological polar surface area (TPSA) is 20.2 Å². The first-order valence-electron chi connectivity index (χ1n) is 1.89. The summed E-state index contributed by atoms with van der Waals surface area (Å²) in [7, 11) is -3.67. The third-order valence-corrected chi connectivity index (χ3v) is 0.179. The van der Waals surface area contributed by atoms with Crippen LogP contribution in [0.25, 0.3) is 0 Å². The molecule has 0 aliphatic rings. The van der Waals surface area contributed by atoms with E-state index < -0.39 is 20.3 Å². The van der Waals surface area contributed by atoms with Crippen LogP contribution in [0.4, 0.5) is 26.1 Å². The van der Waals surface area contributed by atoms with E-state index in [1.165, 1.54) is 0 Å². The molecule has 0 unspecified atom stereocenters. The molecule has 0 aromatic rings. The standard InChI is InChI=1S/C2H3F3O.BF3.Li/c3-2(4,5)1-6;2-1(3)4;/h6H,1H2;;. The number of rotatable bonds is 0. The van der Waals surface area contributed by atoms with E-state index in [-0.39, 0.29) is 18.9 Å². The number of aliphatic hydroxyl groups is 1. The Morgan fingerprint density at radius 1 is 1.09 bits per heavy atom. The summed E-state index contributed by atoms with van der Waals surface area (Å²) >= 11 is 0. The van der Waals surface area contributed by atoms with E-state index >= 15 is 0 Å². The maximum Gasteiger partial charge on any atom is 0.762 e. The molecule has 11 heavy (non-hydrogen) atoms. The van der Waals surface area contributed by atoms with E-state index in [0.717, 1.165) is 0 Å². The molecule has 0 bridgehead atoms. The van der Waals surface area contributed by atoms with Crippen molar-refractivity contribution in [3.05, 3.63) is 0 Å². The summed E-state index contributed by atoms with van der Waals surface area (Å²) in [5.41, 5.74) is 0. The summed E-state index contributed by atoms with van der Waals surface area (Å²) in [6.45, 7) is -1.73. The van der Waals surface area contributed by atoms with Gasteiger partial charge >= 0.3 is 13.7 Å². The van der Waals surface area contributed by atoms with Gasteiger partial charge in [-0.25, -0.2) is 0 Å². The van der Waals surface area contributed by atoms with E-state index in [0.29, 0.717) is 0 Å². The molecule has 0 aliphatic carbocycles. The summed E-state index contributed by atoms with van der Waals surface area (Å²) in [6, 6.07) is 0. The first kappa shape index (κ1) is 17.3. The molecule has 0 saturated carbocycles. The van der Waals surface area contributed by atoms with Crippen molar-refractivity contribution in [1.29, 1.82) is 0 Å². The molecule has 0 amide bonds. The van der Waals surface area contributed by atoms with Crippen molar-refractivity contribution >= 4 is 26.4 Å².